The van der Waals surface area contributed by atoms with Gasteiger partial charge in [-0.3, -0.25) is 9.59 Å². The Morgan fingerprint density at radius 2 is 1.69 bits per heavy atom. The topological polar surface area (TPSA) is 92.7 Å². The van der Waals surface area contributed by atoms with Crippen LogP contribution in [-0.2, 0) is 14.3 Å². The van der Waals surface area contributed by atoms with E-state index in [0.717, 1.165) is 21.6 Å². The van der Waals surface area contributed by atoms with Crippen molar-refractivity contribution in [3.05, 3.63) is 52.4 Å². The van der Waals surface area contributed by atoms with Crippen molar-refractivity contribution >= 4 is 34.2 Å². The molecule has 2 atom stereocenters. The van der Waals surface area contributed by atoms with E-state index >= 15 is 0 Å². The van der Waals surface area contributed by atoms with Crippen molar-refractivity contribution < 1.29 is 24.2 Å². The second-order valence-corrected chi connectivity index (χ2v) is 8.30. The van der Waals surface area contributed by atoms with E-state index in [1.165, 1.54) is 18.4 Å². The Balaban J connectivity index is 1.99. The highest BCUT2D eigenvalue weighted by atomic mass is 32.1. The predicted octanol–water partition coefficient (Wildman–Crippen LogP) is 4.42. The van der Waals surface area contributed by atoms with Gasteiger partial charge in [0.1, 0.15) is 10.6 Å². The van der Waals surface area contributed by atoms with E-state index in [2.05, 4.69) is 5.32 Å². The van der Waals surface area contributed by atoms with Crippen LogP contribution in [0.3, 0.4) is 0 Å². The standard InChI is InChI=1S/C22H23NO5S/c1-12-8-10-14(11-9-12)17-13(2)29-20(18(17)22(27)28-3)23-19(24)15-6-4-5-7-16(15)21(25)26/h4-5,8-11,15-16H,6-7H2,1-3H3,(H,23,24)(H,25,26)/t15-,16+/m0/s1. The summed E-state index contributed by atoms with van der Waals surface area (Å²) in [7, 11) is 1.30. The number of hydrogen-bond donors (Lipinski definition) is 2. The predicted molar refractivity (Wildman–Crippen MR) is 112 cm³/mol. The molecule has 0 spiro atoms. The van der Waals surface area contributed by atoms with Crippen LogP contribution >= 0.6 is 11.3 Å². The molecule has 1 aliphatic carbocycles. The zero-order valence-electron chi connectivity index (χ0n) is 16.5. The number of carboxylic acid groups (broad SMARTS) is 1. The first-order valence-corrected chi connectivity index (χ1v) is 10.1. The first kappa shape index (κ1) is 20.8. The molecule has 7 heteroatoms. The van der Waals surface area contributed by atoms with Crippen molar-refractivity contribution in [1.82, 2.24) is 0 Å². The maximum absolute atomic E-state index is 12.9. The molecule has 0 aliphatic heterocycles. The molecule has 0 saturated carbocycles. The molecule has 0 bridgehead atoms. The highest BCUT2D eigenvalue weighted by Crippen LogP contribution is 2.41. The van der Waals surface area contributed by atoms with Crippen molar-refractivity contribution in [1.29, 1.82) is 0 Å². The average Bonchev–Trinajstić information content (AvgIpc) is 3.03. The second-order valence-electron chi connectivity index (χ2n) is 7.08. The third-order valence-electron chi connectivity index (χ3n) is 5.14. The van der Waals surface area contributed by atoms with Gasteiger partial charge in [-0.25, -0.2) is 4.79 Å². The number of aryl methyl sites for hydroxylation is 2. The molecule has 152 valence electrons. The Morgan fingerprint density at radius 3 is 2.28 bits per heavy atom. The number of aliphatic carboxylic acids is 1. The fourth-order valence-electron chi connectivity index (χ4n) is 3.58. The maximum atomic E-state index is 12.9. The molecule has 1 amide bonds. The second kappa shape index (κ2) is 8.61. The molecule has 1 aromatic heterocycles. The largest absolute Gasteiger partial charge is 0.481 e. The number of amides is 1. The van der Waals surface area contributed by atoms with Crippen LogP contribution in [0.25, 0.3) is 11.1 Å². The number of esters is 1. The normalized spacial score (nSPS) is 18.3. The molecule has 3 rings (SSSR count). The number of allylic oxidation sites excluding steroid dienone is 2. The van der Waals surface area contributed by atoms with E-state index in [4.69, 9.17) is 4.74 Å². The molecule has 29 heavy (non-hydrogen) atoms. The minimum absolute atomic E-state index is 0.297. The fourth-order valence-corrected chi connectivity index (χ4v) is 4.65. The van der Waals surface area contributed by atoms with Crippen molar-refractivity contribution in [2.45, 2.75) is 26.7 Å². The first-order chi connectivity index (χ1) is 13.8. The van der Waals surface area contributed by atoms with E-state index in [1.54, 1.807) is 6.08 Å². The first-order valence-electron chi connectivity index (χ1n) is 9.30. The van der Waals surface area contributed by atoms with Crippen LogP contribution in [0.2, 0.25) is 0 Å². The maximum Gasteiger partial charge on any atom is 0.341 e. The molecule has 0 radical (unpaired) electrons. The Morgan fingerprint density at radius 1 is 1.07 bits per heavy atom. The highest BCUT2D eigenvalue weighted by Gasteiger charge is 2.35. The fraction of sp³-hybridized carbons (Fsp3) is 0.318. The lowest BCUT2D eigenvalue weighted by Gasteiger charge is -2.24. The molecule has 6 nitrogen and oxygen atoms in total. The number of benzene rings is 1. The third kappa shape index (κ3) is 4.24. The number of hydrogen-bond acceptors (Lipinski definition) is 5. The van der Waals surface area contributed by atoms with Gasteiger partial charge in [0.05, 0.1) is 18.9 Å². The zero-order valence-corrected chi connectivity index (χ0v) is 17.3. The quantitative estimate of drug-likeness (QED) is 0.559. The summed E-state index contributed by atoms with van der Waals surface area (Å²) in [5.74, 6) is -3.40. The summed E-state index contributed by atoms with van der Waals surface area (Å²) in [6.07, 6.45) is 4.27. The number of methoxy groups -OCH3 is 1. The number of carboxylic acids is 1. The van der Waals surface area contributed by atoms with Gasteiger partial charge in [0.2, 0.25) is 5.91 Å². The van der Waals surface area contributed by atoms with Crippen LogP contribution in [0.15, 0.2) is 36.4 Å². The number of carbonyl (C=O) groups is 3. The minimum atomic E-state index is -0.995. The number of rotatable bonds is 5. The lowest BCUT2D eigenvalue weighted by molar-refractivity contribution is -0.146. The minimum Gasteiger partial charge on any atom is -0.481 e. The van der Waals surface area contributed by atoms with E-state index in [0.29, 0.717) is 23.4 Å². The van der Waals surface area contributed by atoms with Gasteiger partial charge in [-0.1, -0.05) is 42.0 Å². The summed E-state index contributed by atoms with van der Waals surface area (Å²) in [6, 6.07) is 7.76. The lowest BCUT2D eigenvalue weighted by Crippen LogP contribution is -2.34. The Bertz CT molecular complexity index is 974. The SMILES string of the molecule is COC(=O)c1c(NC(=O)[C@H]2CC=CC[C@H]2C(=O)O)sc(C)c1-c1ccc(C)cc1. The summed E-state index contributed by atoms with van der Waals surface area (Å²) < 4.78 is 4.97. The molecule has 1 aromatic carbocycles. The van der Waals surface area contributed by atoms with Gasteiger partial charge in [0.15, 0.2) is 0 Å². The lowest BCUT2D eigenvalue weighted by atomic mass is 9.82. The highest BCUT2D eigenvalue weighted by molar-refractivity contribution is 7.17. The monoisotopic (exact) mass is 413 g/mol. The molecule has 0 fully saturated rings. The summed E-state index contributed by atoms with van der Waals surface area (Å²) in [4.78, 5) is 37.9. The van der Waals surface area contributed by atoms with E-state index in [9.17, 15) is 19.5 Å². The summed E-state index contributed by atoms with van der Waals surface area (Å²) >= 11 is 1.29. The molecule has 1 heterocycles. The van der Waals surface area contributed by atoms with Crippen molar-refractivity contribution in [3.8, 4) is 11.1 Å². The summed E-state index contributed by atoms with van der Waals surface area (Å²) in [6.45, 7) is 3.86. The van der Waals surface area contributed by atoms with E-state index in [1.807, 2.05) is 44.2 Å². The molecule has 0 saturated heterocycles. The summed E-state index contributed by atoms with van der Waals surface area (Å²) in [5, 5.41) is 12.6. The van der Waals surface area contributed by atoms with E-state index < -0.39 is 29.7 Å². The van der Waals surface area contributed by atoms with Gasteiger partial charge in [0.25, 0.3) is 0 Å². The van der Waals surface area contributed by atoms with Gasteiger partial charge in [-0.2, -0.15) is 0 Å². The molecule has 1 aliphatic rings. The van der Waals surface area contributed by atoms with Crippen LogP contribution in [-0.4, -0.2) is 30.1 Å². The van der Waals surface area contributed by atoms with Crippen LogP contribution < -0.4 is 5.32 Å². The molecular formula is C22H23NO5S. The van der Waals surface area contributed by atoms with Gasteiger partial charge in [-0.05, 0) is 32.3 Å². The van der Waals surface area contributed by atoms with E-state index in [-0.39, 0.29) is 0 Å². The molecule has 2 aromatic rings. The number of thiophene rings is 1. The number of anilines is 1. The number of carbonyl (C=O) groups excluding carboxylic acids is 2. The van der Waals surface area contributed by atoms with Crippen LogP contribution in [0.4, 0.5) is 5.00 Å². The van der Waals surface area contributed by atoms with Crippen LogP contribution in [0.1, 0.15) is 33.6 Å². The molecular weight excluding hydrogens is 390 g/mol. The Kier molecular flexibility index (Phi) is 6.17. The smallest absolute Gasteiger partial charge is 0.341 e. The van der Waals surface area contributed by atoms with Crippen LogP contribution in [0.5, 0.6) is 0 Å². The number of nitrogens with one attached hydrogen (secondary N) is 1. The van der Waals surface area contributed by atoms with Gasteiger partial charge >= 0.3 is 11.9 Å². The Hall–Kier alpha value is -2.93. The van der Waals surface area contributed by atoms with Crippen molar-refractivity contribution in [3.63, 3.8) is 0 Å². The summed E-state index contributed by atoms with van der Waals surface area (Å²) in [5.41, 5.74) is 2.97. The van der Waals surface area contributed by atoms with Gasteiger partial charge < -0.3 is 15.2 Å². The third-order valence-corrected chi connectivity index (χ3v) is 6.16. The molecule has 0 unspecified atom stereocenters. The molecule has 2 N–H and O–H groups in total. The average molecular weight is 413 g/mol. The Labute approximate surface area is 173 Å². The van der Waals surface area contributed by atoms with Crippen molar-refractivity contribution in [2.24, 2.45) is 11.8 Å². The van der Waals surface area contributed by atoms with Crippen molar-refractivity contribution in [2.75, 3.05) is 12.4 Å². The van der Waals surface area contributed by atoms with Crippen LogP contribution in [0, 0.1) is 25.7 Å². The van der Waals surface area contributed by atoms with Gasteiger partial charge in [-0.15, -0.1) is 11.3 Å². The number of ether oxygens (including phenoxy) is 1. The zero-order chi connectivity index (χ0) is 21.1. The van der Waals surface area contributed by atoms with Gasteiger partial charge in [0, 0.05) is 10.4 Å².